The number of ether oxygens (including phenoxy) is 1. The Balaban J connectivity index is 2.49. The third-order valence-electron chi connectivity index (χ3n) is 3.26. The summed E-state index contributed by atoms with van der Waals surface area (Å²) in [6, 6.07) is 7.45. The Hall–Kier alpha value is -1.55. The van der Waals surface area contributed by atoms with E-state index in [0.29, 0.717) is 18.9 Å². The highest BCUT2D eigenvalue weighted by Crippen LogP contribution is 2.19. The van der Waals surface area contributed by atoms with E-state index in [4.69, 9.17) is 4.74 Å². The summed E-state index contributed by atoms with van der Waals surface area (Å²) in [6.07, 6.45) is 0.207. The second kappa shape index (κ2) is 7.90. The van der Waals surface area contributed by atoms with Crippen LogP contribution < -0.4 is 10.1 Å². The third kappa shape index (κ3) is 5.21. The maximum atomic E-state index is 12.0. The van der Waals surface area contributed by atoms with Crippen molar-refractivity contribution in [2.75, 3.05) is 13.7 Å². The first-order chi connectivity index (χ1) is 9.43. The van der Waals surface area contributed by atoms with Gasteiger partial charge in [0.15, 0.2) is 0 Å². The number of methoxy groups -OCH3 is 1. The van der Waals surface area contributed by atoms with E-state index in [-0.39, 0.29) is 11.8 Å². The van der Waals surface area contributed by atoms with Gasteiger partial charge in [-0.15, -0.1) is 0 Å². The molecule has 1 aromatic carbocycles. The minimum atomic E-state index is -0.484. The first-order valence-corrected chi connectivity index (χ1v) is 7.03. The van der Waals surface area contributed by atoms with Crippen molar-refractivity contribution in [2.24, 2.45) is 5.92 Å². The molecule has 0 fully saturated rings. The number of hydrogen-bond donors (Lipinski definition) is 2. The summed E-state index contributed by atoms with van der Waals surface area (Å²) in [4.78, 5) is 12.0. The predicted octanol–water partition coefficient (Wildman–Crippen LogP) is 2.32. The van der Waals surface area contributed by atoms with E-state index in [0.717, 1.165) is 11.3 Å². The van der Waals surface area contributed by atoms with Crippen molar-refractivity contribution in [1.29, 1.82) is 0 Å². The van der Waals surface area contributed by atoms with Gasteiger partial charge in [0.1, 0.15) is 5.75 Å². The SMILES string of the molecule is COc1ccc(C(C)C(=O)NCC(O)CC(C)C)cc1. The van der Waals surface area contributed by atoms with Crippen LogP contribution in [0.5, 0.6) is 5.75 Å². The molecule has 0 aliphatic heterocycles. The van der Waals surface area contributed by atoms with E-state index >= 15 is 0 Å². The molecule has 0 aromatic heterocycles. The Morgan fingerprint density at radius 1 is 1.25 bits per heavy atom. The summed E-state index contributed by atoms with van der Waals surface area (Å²) < 4.78 is 5.09. The predicted molar refractivity (Wildman–Crippen MR) is 79.9 cm³/mol. The topological polar surface area (TPSA) is 58.6 Å². The molecule has 1 aromatic rings. The molecule has 2 N–H and O–H groups in total. The lowest BCUT2D eigenvalue weighted by Gasteiger charge is -2.17. The molecule has 1 amide bonds. The summed E-state index contributed by atoms with van der Waals surface area (Å²) in [6.45, 7) is 6.25. The zero-order valence-corrected chi connectivity index (χ0v) is 12.7. The van der Waals surface area contributed by atoms with Crippen molar-refractivity contribution in [1.82, 2.24) is 5.32 Å². The Morgan fingerprint density at radius 3 is 2.35 bits per heavy atom. The normalized spacial score (nSPS) is 13.9. The smallest absolute Gasteiger partial charge is 0.227 e. The van der Waals surface area contributed by atoms with Crippen LogP contribution in [-0.4, -0.2) is 30.8 Å². The largest absolute Gasteiger partial charge is 0.497 e. The molecular formula is C16H25NO3. The molecule has 0 spiro atoms. The Bertz CT molecular complexity index is 414. The highest BCUT2D eigenvalue weighted by molar-refractivity contribution is 5.83. The third-order valence-corrected chi connectivity index (χ3v) is 3.26. The lowest BCUT2D eigenvalue weighted by atomic mass is 10.00. The van der Waals surface area contributed by atoms with Gasteiger partial charge in [-0.25, -0.2) is 0 Å². The first kappa shape index (κ1) is 16.5. The van der Waals surface area contributed by atoms with Crippen LogP contribution >= 0.6 is 0 Å². The van der Waals surface area contributed by atoms with E-state index in [1.54, 1.807) is 7.11 Å². The number of benzene rings is 1. The molecule has 112 valence electrons. The van der Waals surface area contributed by atoms with E-state index in [2.05, 4.69) is 5.32 Å². The number of rotatable bonds is 7. The van der Waals surface area contributed by atoms with Crippen molar-refractivity contribution in [3.8, 4) is 5.75 Å². The van der Waals surface area contributed by atoms with Gasteiger partial charge in [0, 0.05) is 6.54 Å². The molecule has 0 radical (unpaired) electrons. The fourth-order valence-corrected chi connectivity index (χ4v) is 2.04. The summed E-state index contributed by atoms with van der Waals surface area (Å²) in [7, 11) is 1.61. The molecule has 0 aliphatic rings. The molecule has 4 nitrogen and oxygen atoms in total. The van der Waals surface area contributed by atoms with Gasteiger partial charge in [0.25, 0.3) is 0 Å². The minimum Gasteiger partial charge on any atom is -0.497 e. The molecule has 2 atom stereocenters. The van der Waals surface area contributed by atoms with Crippen molar-refractivity contribution >= 4 is 5.91 Å². The summed E-state index contributed by atoms with van der Waals surface area (Å²) in [5, 5.41) is 12.6. The van der Waals surface area contributed by atoms with Gasteiger partial charge < -0.3 is 15.2 Å². The van der Waals surface area contributed by atoms with Crippen molar-refractivity contribution in [3.05, 3.63) is 29.8 Å². The van der Waals surface area contributed by atoms with Gasteiger partial charge in [-0.05, 0) is 37.0 Å². The number of carbonyl (C=O) groups excluding carboxylic acids is 1. The first-order valence-electron chi connectivity index (χ1n) is 7.03. The van der Waals surface area contributed by atoms with Crippen LogP contribution in [0.15, 0.2) is 24.3 Å². The van der Waals surface area contributed by atoms with Crippen LogP contribution in [0.3, 0.4) is 0 Å². The van der Waals surface area contributed by atoms with Gasteiger partial charge in [0.05, 0.1) is 19.1 Å². The Morgan fingerprint density at radius 2 is 1.85 bits per heavy atom. The van der Waals surface area contributed by atoms with Gasteiger partial charge >= 0.3 is 0 Å². The number of carbonyl (C=O) groups is 1. The summed E-state index contributed by atoms with van der Waals surface area (Å²) >= 11 is 0. The van der Waals surface area contributed by atoms with Crippen LogP contribution in [0.1, 0.15) is 38.7 Å². The number of amides is 1. The number of hydrogen-bond acceptors (Lipinski definition) is 3. The molecule has 2 unspecified atom stereocenters. The molecule has 1 rings (SSSR count). The average Bonchev–Trinajstić information content (AvgIpc) is 2.43. The maximum absolute atomic E-state index is 12.0. The van der Waals surface area contributed by atoms with Gasteiger partial charge in [-0.1, -0.05) is 26.0 Å². The van der Waals surface area contributed by atoms with Crippen LogP contribution in [0.2, 0.25) is 0 Å². The molecule has 0 bridgehead atoms. The number of aliphatic hydroxyl groups is 1. The van der Waals surface area contributed by atoms with E-state index in [9.17, 15) is 9.90 Å². The Labute approximate surface area is 121 Å². The summed E-state index contributed by atoms with van der Waals surface area (Å²) in [5.74, 6) is 0.875. The summed E-state index contributed by atoms with van der Waals surface area (Å²) in [5.41, 5.74) is 0.932. The minimum absolute atomic E-state index is 0.0713. The molecule has 0 heterocycles. The quantitative estimate of drug-likeness (QED) is 0.805. The second-order valence-corrected chi connectivity index (χ2v) is 5.52. The van der Waals surface area contributed by atoms with E-state index in [1.807, 2.05) is 45.0 Å². The van der Waals surface area contributed by atoms with Gasteiger partial charge in [0.2, 0.25) is 5.91 Å². The fraction of sp³-hybridized carbons (Fsp3) is 0.562. The highest BCUT2D eigenvalue weighted by Gasteiger charge is 2.16. The monoisotopic (exact) mass is 279 g/mol. The number of aliphatic hydroxyl groups excluding tert-OH is 1. The average molecular weight is 279 g/mol. The van der Waals surface area contributed by atoms with E-state index in [1.165, 1.54) is 0 Å². The lowest BCUT2D eigenvalue weighted by molar-refractivity contribution is -0.122. The number of nitrogens with one attached hydrogen (secondary N) is 1. The van der Waals surface area contributed by atoms with Crippen LogP contribution in [0.4, 0.5) is 0 Å². The Kier molecular flexibility index (Phi) is 6.52. The molecule has 0 saturated carbocycles. The molecule has 20 heavy (non-hydrogen) atoms. The fourth-order valence-electron chi connectivity index (χ4n) is 2.04. The van der Waals surface area contributed by atoms with Crippen molar-refractivity contribution in [3.63, 3.8) is 0 Å². The second-order valence-electron chi connectivity index (χ2n) is 5.52. The lowest BCUT2D eigenvalue weighted by Crippen LogP contribution is -2.35. The molecule has 4 heteroatoms. The van der Waals surface area contributed by atoms with Crippen LogP contribution in [-0.2, 0) is 4.79 Å². The molecule has 0 aliphatic carbocycles. The van der Waals surface area contributed by atoms with Crippen molar-refractivity contribution < 1.29 is 14.6 Å². The van der Waals surface area contributed by atoms with Gasteiger partial charge in [-0.3, -0.25) is 4.79 Å². The standard InChI is InChI=1S/C16H25NO3/c1-11(2)9-14(18)10-17-16(19)12(3)13-5-7-15(20-4)8-6-13/h5-8,11-12,14,18H,9-10H2,1-4H3,(H,17,19). The van der Waals surface area contributed by atoms with Crippen LogP contribution in [0.25, 0.3) is 0 Å². The maximum Gasteiger partial charge on any atom is 0.227 e. The zero-order valence-electron chi connectivity index (χ0n) is 12.7. The molecule has 0 saturated heterocycles. The van der Waals surface area contributed by atoms with Crippen LogP contribution in [0, 0.1) is 5.92 Å². The van der Waals surface area contributed by atoms with Crippen molar-refractivity contribution in [2.45, 2.75) is 39.2 Å². The van der Waals surface area contributed by atoms with Gasteiger partial charge in [-0.2, -0.15) is 0 Å². The molecular weight excluding hydrogens is 254 g/mol. The zero-order chi connectivity index (χ0) is 15.1. The highest BCUT2D eigenvalue weighted by atomic mass is 16.5. The van der Waals surface area contributed by atoms with E-state index < -0.39 is 6.10 Å².